The van der Waals surface area contributed by atoms with Gasteiger partial charge in [0.2, 0.25) is 10.0 Å². The molecule has 0 saturated carbocycles. The summed E-state index contributed by atoms with van der Waals surface area (Å²) in [4.78, 5) is 19.6. The van der Waals surface area contributed by atoms with Crippen molar-refractivity contribution >= 4 is 49.2 Å². The normalized spacial score (nSPS) is 16.1. The Labute approximate surface area is 213 Å². The minimum atomic E-state index is -3.62. The maximum Gasteiger partial charge on any atom is 0.251 e. The van der Waals surface area contributed by atoms with Crippen LogP contribution in [-0.2, 0) is 26.1 Å². The van der Waals surface area contributed by atoms with Crippen molar-refractivity contribution in [2.24, 2.45) is 10.9 Å². The number of ether oxygens (including phenoxy) is 2. The van der Waals surface area contributed by atoms with Crippen molar-refractivity contribution in [2.45, 2.75) is 29.2 Å². The summed E-state index contributed by atoms with van der Waals surface area (Å²) in [7, 11) is -0.431. The van der Waals surface area contributed by atoms with Crippen LogP contribution in [0.3, 0.4) is 0 Å². The molecule has 0 radical (unpaired) electrons. The summed E-state index contributed by atoms with van der Waals surface area (Å²) in [5.74, 6) is 0.0954. The molecule has 0 unspecified atom stereocenters. The zero-order valence-electron chi connectivity index (χ0n) is 20.0. The van der Waals surface area contributed by atoms with E-state index in [1.165, 1.54) is 22.8 Å². The molecule has 1 aromatic heterocycles. The van der Waals surface area contributed by atoms with Gasteiger partial charge in [-0.1, -0.05) is 11.3 Å². The van der Waals surface area contributed by atoms with Gasteiger partial charge in [0.1, 0.15) is 5.75 Å². The number of nitrogens with zero attached hydrogens (tertiary/aromatic N) is 3. The van der Waals surface area contributed by atoms with Crippen LogP contribution < -0.4 is 9.54 Å². The van der Waals surface area contributed by atoms with Crippen LogP contribution in [0.25, 0.3) is 10.2 Å². The smallest absolute Gasteiger partial charge is 0.251 e. The molecular weight excluding hydrogens is 506 g/mol. The van der Waals surface area contributed by atoms with Crippen LogP contribution in [0, 0.1) is 5.92 Å². The molecule has 2 aromatic carbocycles. The maximum absolute atomic E-state index is 13.1. The van der Waals surface area contributed by atoms with E-state index in [1.54, 1.807) is 43.1 Å². The van der Waals surface area contributed by atoms with Crippen LogP contribution in [0.5, 0.6) is 5.75 Å². The molecule has 1 fully saturated rings. The summed E-state index contributed by atoms with van der Waals surface area (Å²) < 4.78 is 40.9. The summed E-state index contributed by atoms with van der Waals surface area (Å²) in [5, 5.41) is 0. The number of hydrogen-bond donors (Lipinski definition) is 0. The molecular formula is C24H29N3O5S3. The standard InChI is InChI=1S/C24H29N3O5S3/c1-31-15-14-27-21-9-6-19(33-3)16-22(21)34-24(27)25-23(28)17-10-12-26(13-11-17)35(29,30)20-7-4-18(32-2)5-8-20/h4-9,16-17H,10-15H2,1-3H3. The zero-order valence-corrected chi connectivity index (χ0v) is 22.4. The van der Waals surface area contributed by atoms with E-state index in [1.807, 2.05) is 10.8 Å². The molecule has 1 aliphatic heterocycles. The molecule has 1 saturated heterocycles. The van der Waals surface area contributed by atoms with E-state index in [0.717, 1.165) is 15.1 Å². The van der Waals surface area contributed by atoms with Gasteiger partial charge in [0.25, 0.3) is 5.91 Å². The number of fused-ring (bicyclic) bond motifs is 1. The SMILES string of the molecule is COCCn1c(=NC(=O)C2CCN(S(=O)(=O)c3ccc(OC)cc3)CC2)sc2cc(SC)ccc21. The number of hydrogen-bond acceptors (Lipinski definition) is 7. The van der Waals surface area contributed by atoms with Crippen molar-refractivity contribution in [1.82, 2.24) is 8.87 Å². The maximum atomic E-state index is 13.1. The fourth-order valence-corrected chi connectivity index (χ4v) is 7.17. The monoisotopic (exact) mass is 535 g/mol. The summed E-state index contributed by atoms with van der Waals surface area (Å²) in [6, 6.07) is 12.6. The third-order valence-electron chi connectivity index (χ3n) is 6.12. The number of sulfonamides is 1. The van der Waals surface area contributed by atoms with Gasteiger partial charge in [-0.05, 0) is 61.6 Å². The number of amides is 1. The lowest BCUT2D eigenvalue weighted by atomic mass is 9.98. The molecule has 1 aliphatic rings. The highest BCUT2D eigenvalue weighted by Gasteiger charge is 2.32. The van der Waals surface area contributed by atoms with Crippen molar-refractivity contribution in [3.8, 4) is 5.75 Å². The lowest BCUT2D eigenvalue weighted by molar-refractivity contribution is -0.122. The average molecular weight is 536 g/mol. The Bertz CT molecular complexity index is 1360. The number of carbonyl (C=O) groups excluding carboxylic acids is 1. The molecule has 8 nitrogen and oxygen atoms in total. The Hall–Kier alpha value is -2.18. The fraction of sp³-hybridized carbons (Fsp3) is 0.417. The lowest BCUT2D eigenvalue weighted by Crippen LogP contribution is -2.40. The molecule has 11 heteroatoms. The van der Waals surface area contributed by atoms with E-state index in [9.17, 15) is 13.2 Å². The zero-order chi connectivity index (χ0) is 25.0. The minimum absolute atomic E-state index is 0.200. The molecule has 188 valence electrons. The number of aromatic nitrogens is 1. The Morgan fingerprint density at radius 2 is 1.86 bits per heavy atom. The van der Waals surface area contributed by atoms with Gasteiger partial charge in [0, 0.05) is 37.6 Å². The topological polar surface area (TPSA) is 90.2 Å². The number of thiazole rings is 1. The molecule has 0 N–H and O–H groups in total. The van der Waals surface area contributed by atoms with E-state index in [2.05, 4.69) is 23.2 Å². The molecule has 0 aliphatic carbocycles. The fourth-order valence-electron chi connectivity index (χ4n) is 4.09. The minimum Gasteiger partial charge on any atom is -0.497 e. The van der Waals surface area contributed by atoms with Gasteiger partial charge in [-0.2, -0.15) is 9.30 Å². The van der Waals surface area contributed by atoms with Gasteiger partial charge in [0.15, 0.2) is 4.80 Å². The second kappa shape index (κ2) is 11.3. The summed E-state index contributed by atoms with van der Waals surface area (Å²) in [6.45, 7) is 1.68. The van der Waals surface area contributed by atoms with Crippen LogP contribution in [-0.4, -0.2) is 63.4 Å². The van der Waals surface area contributed by atoms with Crippen LogP contribution in [0.1, 0.15) is 12.8 Å². The highest BCUT2D eigenvalue weighted by atomic mass is 32.2. The van der Waals surface area contributed by atoms with Crippen molar-refractivity contribution in [3.63, 3.8) is 0 Å². The van der Waals surface area contributed by atoms with E-state index in [-0.39, 0.29) is 29.8 Å². The summed E-state index contributed by atoms with van der Waals surface area (Å²) in [5.41, 5.74) is 1.02. The van der Waals surface area contributed by atoms with E-state index in [0.29, 0.717) is 36.5 Å². The van der Waals surface area contributed by atoms with Crippen molar-refractivity contribution in [2.75, 3.05) is 40.2 Å². The van der Waals surface area contributed by atoms with Gasteiger partial charge in [-0.25, -0.2) is 8.42 Å². The van der Waals surface area contributed by atoms with Crippen molar-refractivity contribution in [3.05, 3.63) is 47.3 Å². The van der Waals surface area contributed by atoms with Crippen molar-refractivity contribution < 1.29 is 22.7 Å². The number of benzene rings is 2. The highest BCUT2D eigenvalue weighted by molar-refractivity contribution is 7.98. The van der Waals surface area contributed by atoms with Crippen LogP contribution >= 0.6 is 23.1 Å². The summed E-state index contributed by atoms with van der Waals surface area (Å²) in [6.07, 6.45) is 2.92. The number of piperidine rings is 1. The molecule has 0 spiro atoms. The number of thioether (sulfide) groups is 1. The second-order valence-electron chi connectivity index (χ2n) is 8.17. The molecule has 0 bridgehead atoms. The highest BCUT2D eigenvalue weighted by Crippen LogP contribution is 2.27. The Morgan fingerprint density at radius 1 is 1.14 bits per heavy atom. The Kier molecular flexibility index (Phi) is 8.33. The first-order valence-corrected chi connectivity index (χ1v) is 14.7. The predicted octanol–water partition coefficient (Wildman–Crippen LogP) is 3.61. The van der Waals surface area contributed by atoms with Crippen LogP contribution in [0.4, 0.5) is 0 Å². The average Bonchev–Trinajstić information content (AvgIpc) is 3.23. The lowest BCUT2D eigenvalue weighted by Gasteiger charge is -2.29. The second-order valence-corrected chi connectivity index (χ2v) is 12.0. The Morgan fingerprint density at radius 3 is 2.49 bits per heavy atom. The largest absolute Gasteiger partial charge is 0.497 e. The van der Waals surface area contributed by atoms with E-state index < -0.39 is 10.0 Å². The van der Waals surface area contributed by atoms with E-state index in [4.69, 9.17) is 9.47 Å². The summed E-state index contributed by atoms with van der Waals surface area (Å²) >= 11 is 3.16. The van der Waals surface area contributed by atoms with Crippen LogP contribution in [0.2, 0.25) is 0 Å². The molecule has 35 heavy (non-hydrogen) atoms. The first-order valence-electron chi connectivity index (χ1n) is 11.3. The van der Waals surface area contributed by atoms with Gasteiger partial charge in [0.05, 0.1) is 28.8 Å². The number of methoxy groups -OCH3 is 2. The number of carbonyl (C=O) groups is 1. The predicted molar refractivity (Wildman–Crippen MR) is 139 cm³/mol. The Balaban J connectivity index is 1.51. The first-order chi connectivity index (χ1) is 16.9. The molecule has 4 rings (SSSR count). The van der Waals surface area contributed by atoms with Gasteiger partial charge in [-0.3, -0.25) is 4.79 Å². The quantitative estimate of drug-likeness (QED) is 0.410. The van der Waals surface area contributed by atoms with Gasteiger partial charge < -0.3 is 14.0 Å². The third kappa shape index (κ3) is 5.64. The van der Waals surface area contributed by atoms with Gasteiger partial charge in [-0.15, -0.1) is 11.8 Å². The van der Waals surface area contributed by atoms with E-state index >= 15 is 0 Å². The third-order valence-corrected chi connectivity index (χ3v) is 9.79. The van der Waals surface area contributed by atoms with Crippen molar-refractivity contribution in [1.29, 1.82) is 0 Å². The molecule has 3 aromatic rings. The molecule has 2 heterocycles. The first kappa shape index (κ1) is 25.9. The molecule has 1 amide bonds. The number of rotatable bonds is 8. The van der Waals surface area contributed by atoms with Gasteiger partial charge >= 0.3 is 0 Å². The van der Waals surface area contributed by atoms with Crippen LogP contribution in [0.15, 0.2) is 57.2 Å². The molecule has 0 atom stereocenters.